The van der Waals surface area contributed by atoms with Crippen LogP contribution in [-0.4, -0.2) is 25.9 Å². The number of aliphatic imine (C=N–C) groups is 1. The second kappa shape index (κ2) is 6.79. The van der Waals surface area contributed by atoms with Gasteiger partial charge in [0.1, 0.15) is 5.52 Å². The highest BCUT2D eigenvalue weighted by Gasteiger charge is 2.19. The first-order valence-electron chi connectivity index (χ1n) is 9.16. The molecule has 0 saturated heterocycles. The smallest absolute Gasteiger partial charge is 0.181 e. The lowest BCUT2D eigenvalue weighted by atomic mass is 10.1. The van der Waals surface area contributed by atoms with Gasteiger partial charge in [-0.15, -0.1) is 0 Å². The minimum atomic E-state index is 0.660. The molecule has 1 aliphatic rings. The summed E-state index contributed by atoms with van der Waals surface area (Å²) in [5.74, 6) is 0.660. The van der Waals surface area contributed by atoms with Gasteiger partial charge in [0.2, 0.25) is 0 Å². The summed E-state index contributed by atoms with van der Waals surface area (Å²) in [5.41, 5.74) is 5.89. The van der Waals surface area contributed by atoms with Crippen molar-refractivity contribution in [2.45, 2.75) is 6.92 Å². The van der Waals surface area contributed by atoms with E-state index in [0.29, 0.717) is 5.84 Å². The summed E-state index contributed by atoms with van der Waals surface area (Å²) in [7, 11) is 0. The molecule has 0 fully saturated rings. The zero-order valence-corrected chi connectivity index (χ0v) is 15.8. The first kappa shape index (κ1) is 17.0. The second-order valence-electron chi connectivity index (χ2n) is 6.64. The first-order valence-corrected chi connectivity index (χ1v) is 9.16. The molecule has 1 aliphatic heterocycles. The number of hydrogen-bond acceptors (Lipinski definition) is 6. The number of aromatic amines is 1. The van der Waals surface area contributed by atoms with E-state index in [2.05, 4.69) is 27.1 Å². The molecule has 0 radical (unpaired) electrons. The van der Waals surface area contributed by atoms with E-state index in [1.807, 2.05) is 66.7 Å². The molecular formula is C22H18N6O. The fourth-order valence-electron chi connectivity index (χ4n) is 3.25. The lowest BCUT2D eigenvalue weighted by Gasteiger charge is -2.26. The van der Waals surface area contributed by atoms with E-state index in [4.69, 9.17) is 9.41 Å². The van der Waals surface area contributed by atoms with Gasteiger partial charge in [0.25, 0.3) is 0 Å². The van der Waals surface area contributed by atoms with E-state index >= 15 is 0 Å². The van der Waals surface area contributed by atoms with Crippen molar-refractivity contribution >= 4 is 39.2 Å². The molecule has 7 nitrogen and oxygen atoms in total. The molecule has 2 aromatic carbocycles. The van der Waals surface area contributed by atoms with Gasteiger partial charge in [-0.1, -0.05) is 24.8 Å². The number of rotatable bonds is 3. The molecule has 0 amide bonds. The topological polar surface area (TPSA) is 82.3 Å². The maximum Gasteiger partial charge on any atom is 0.181 e. The highest BCUT2D eigenvalue weighted by atomic mass is 16.3. The molecule has 7 heteroatoms. The van der Waals surface area contributed by atoms with Crippen molar-refractivity contribution in [3.63, 3.8) is 0 Å². The lowest BCUT2D eigenvalue weighted by Crippen LogP contribution is -2.26. The van der Waals surface area contributed by atoms with Gasteiger partial charge in [-0.3, -0.25) is 5.10 Å². The highest BCUT2D eigenvalue weighted by Crippen LogP contribution is 2.28. The van der Waals surface area contributed by atoms with E-state index in [1.54, 1.807) is 6.20 Å². The number of H-pyrrole nitrogens is 1. The Balaban J connectivity index is 1.54. The van der Waals surface area contributed by atoms with Gasteiger partial charge in [0, 0.05) is 29.0 Å². The Kier molecular flexibility index (Phi) is 3.98. The molecule has 0 saturated carbocycles. The van der Waals surface area contributed by atoms with Crippen LogP contribution in [0.2, 0.25) is 0 Å². The van der Waals surface area contributed by atoms with Crippen molar-refractivity contribution < 1.29 is 4.42 Å². The summed E-state index contributed by atoms with van der Waals surface area (Å²) in [6.07, 6.45) is 9.12. The van der Waals surface area contributed by atoms with Crippen LogP contribution in [0.5, 0.6) is 0 Å². The van der Waals surface area contributed by atoms with Crippen LogP contribution in [0.4, 0.5) is 5.69 Å². The summed E-state index contributed by atoms with van der Waals surface area (Å²) < 4.78 is 5.32. The van der Waals surface area contributed by atoms with E-state index in [0.717, 1.165) is 44.6 Å². The SMILES string of the molecule is C=C1C(Nc2ccc3ocnc3c2)=NC(c2ccc3cn[nH]c3c2)=CN1/C=C\C. The number of allylic oxidation sites excluding steroid dienone is 1. The van der Waals surface area contributed by atoms with Crippen LogP contribution in [0.15, 0.2) is 89.2 Å². The van der Waals surface area contributed by atoms with Crippen LogP contribution in [0.1, 0.15) is 12.5 Å². The summed E-state index contributed by atoms with van der Waals surface area (Å²) in [6.45, 7) is 6.17. The molecule has 5 rings (SSSR count). The molecule has 2 aromatic heterocycles. The van der Waals surface area contributed by atoms with Gasteiger partial charge in [-0.05, 0) is 31.2 Å². The van der Waals surface area contributed by atoms with Crippen molar-refractivity contribution in [3.05, 3.63) is 85.3 Å². The molecule has 0 atom stereocenters. The molecule has 4 aromatic rings. The van der Waals surface area contributed by atoms with Crippen LogP contribution in [0, 0.1) is 0 Å². The zero-order chi connectivity index (χ0) is 19.8. The van der Waals surface area contributed by atoms with Gasteiger partial charge < -0.3 is 14.6 Å². The molecule has 142 valence electrons. The lowest BCUT2D eigenvalue weighted by molar-refractivity contribution is 0.602. The number of nitrogens with zero attached hydrogens (tertiary/aromatic N) is 4. The van der Waals surface area contributed by atoms with Crippen LogP contribution >= 0.6 is 0 Å². The van der Waals surface area contributed by atoms with Crippen LogP contribution in [-0.2, 0) is 0 Å². The minimum absolute atomic E-state index is 0.660. The first-order chi connectivity index (χ1) is 14.2. The third kappa shape index (κ3) is 3.08. The monoisotopic (exact) mass is 382 g/mol. The highest BCUT2D eigenvalue weighted by molar-refractivity contribution is 6.11. The van der Waals surface area contributed by atoms with Crippen LogP contribution < -0.4 is 5.32 Å². The number of hydrogen-bond donors (Lipinski definition) is 2. The molecular weight excluding hydrogens is 364 g/mol. The van der Waals surface area contributed by atoms with Gasteiger partial charge in [0.05, 0.1) is 23.1 Å². The van der Waals surface area contributed by atoms with E-state index < -0.39 is 0 Å². The quantitative estimate of drug-likeness (QED) is 0.528. The number of anilines is 1. The van der Waals surface area contributed by atoms with E-state index in [-0.39, 0.29) is 0 Å². The average molecular weight is 382 g/mol. The fraction of sp³-hybridized carbons (Fsp3) is 0.0455. The van der Waals surface area contributed by atoms with Gasteiger partial charge in [-0.2, -0.15) is 5.10 Å². The normalized spacial score (nSPS) is 14.7. The predicted molar refractivity (Wildman–Crippen MR) is 115 cm³/mol. The second-order valence-corrected chi connectivity index (χ2v) is 6.64. The Hall–Kier alpha value is -4.13. The van der Waals surface area contributed by atoms with Crippen molar-refractivity contribution in [1.29, 1.82) is 0 Å². The van der Waals surface area contributed by atoms with Gasteiger partial charge >= 0.3 is 0 Å². The molecule has 2 N–H and O–H groups in total. The summed E-state index contributed by atoms with van der Waals surface area (Å²) in [4.78, 5) is 11.0. The van der Waals surface area contributed by atoms with Crippen molar-refractivity contribution in [1.82, 2.24) is 20.1 Å². The predicted octanol–water partition coefficient (Wildman–Crippen LogP) is 4.88. The number of oxazole rings is 1. The molecule has 0 spiro atoms. The Morgan fingerprint density at radius 3 is 3.03 bits per heavy atom. The number of aromatic nitrogens is 3. The standard InChI is InChI=1S/C22H18N6O/c1-3-8-28-12-20(15-4-5-16-11-24-27-18(16)9-15)26-22(14(28)2)25-17-6-7-21-19(10-17)23-13-29-21/h3-13H,2H2,1H3,(H,24,27)(H,25,26)/b8-3-. The average Bonchev–Trinajstić information content (AvgIpc) is 3.39. The molecule has 3 heterocycles. The molecule has 29 heavy (non-hydrogen) atoms. The third-order valence-corrected chi connectivity index (χ3v) is 4.72. The number of amidine groups is 1. The molecule has 0 aliphatic carbocycles. The van der Waals surface area contributed by atoms with Gasteiger partial charge in [-0.25, -0.2) is 9.98 Å². The number of fused-ring (bicyclic) bond motifs is 2. The summed E-state index contributed by atoms with van der Waals surface area (Å²) in [6, 6.07) is 11.8. The summed E-state index contributed by atoms with van der Waals surface area (Å²) >= 11 is 0. The Morgan fingerprint density at radius 1 is 1.21 bits per heavy atom. The zero-order valence-electron chi connectivity index (χ0n) is 15.8. The third-order valence-electron chi connectivity index (χ3n) is 4.72. The fourth-order valence-corrected chi connectivity index (χ4v) is 3.25. The van der Waals surface area contributed by atoms with Crippen molar-refractivity contribution in [2.75, 3.05) is 5.32 Å². The number of nitrogens with one attached hydrogen (secondary N) is 2. The molecule has 0 bridgehead atoms. The van der Waals surface area contributed by atoms with Crippen LogP contribution in [0.25, 0.3) is 27.7 Å². The van der Waals surface area contributed by atoms with Crippen molar-refractivity contribution in [3.8, 4) is 0 Å². The van der Waals surface area contributed by atoms with E-state index in [1.165, 1.54) is 6.39 Å². The Morgan fingerprint density at radius 2 is 2.14 bits per heavy atom. The summed E-state index contributed by atoms with van der Waals surface area (Å²) in [5, 5.41) is 11.5. The van der Waals surface area contributed by atoms with Crippen molar-refractivity contribution in [2.24, 2.45) is 4.99 Å². The minimum Gasteiger partial charge on any atom is -0.443 e. The Labute approximate surface area is 166 Å². The van der Waals surface area contributed by atoms with E-state index in [9.17, 15) is 0 Å². The largest absolute Gasteiger partial charge is 0.443 e. The Bertz CT molecular complexity index is 1320. The van der Waals surface area contributed by atoms with Gasteiger partial charge in [0.15, 0.2) is 17.8 Å². The maximum absolute atomic E-state index is 5.32. The number of benzene rings is 2. The molecule has 0 unspecified atom stereocenters. The van der Waals surface area contributed by atoms with Crippen LogP contribution in [0.3, 0.4) is 0 Å². The maximum atomic E-state index is 5.32.